The third kappa shape index (κ3) is 4.78. The molecule has 2 aromatic carbocycles. The van der Waals surface area contributed by atoms with Gasteiger partial charge in [0.05, 0.1) is 38.3 Å². The predicted octanol–water partition coefficient (Wildman–Crippen LogP) is 4.23. The minimum absolute atomic E-state index is 0.135. The van der Waals surface area contributed by atoms with E-state index in [1.165, 1.54) is 17.5 Å². The quantitative estimate of drug-likeness (QED) is 0.511. The third-order valence-corrected chi connectivity index (χ3v) is 6.25. The summed E-state index contributed by atoms with van der Waals surface area (Å²) in [5, 5.41) is 16.2. The molecule has 0 unspecified atom stereocenters. The van der Waals surface area contributed by atoms with Crippen molar-refractivity contribution in [1.82, 2.24) is 4.98 Å². The molecule has 0 bridgehead atoms. The first-order chi connectivity index (χ1) is 15.9. The summed E-state index contributed by atoms with van der Waals surface area (Å²) in [6.07, 6.45) is 3.25. The van der Waals surface area contributed by atoms with Crippen LogP contribution in [0.1, 0.15) is 17.4 Å². The molecule has 0 saturated carbocycles. The van der Waals surface area contributed by atoms with Gasteiger partial charge in [-0.25, -0.2) is 4.79 Å². The number of nitrogens with zero attached hydrogens (tertiary/aromatic N) is 3. The lowest BCUT2D eigenvalue weighted by Crippen LogP contribution is -2.28. The van der Waals surface area contributed by atoms with Crippen LogP contribution in [0.5, 0.6) is 5.88 Å². The minimum atomic E-state index is -0.476. The summed E-state index contributed by atoms with van der Waals surface area (Å²) in [4.78, 5) is 25.6. The Morgan fingerprint density at radius 1 is 1.27 bits per heavy atom. The number of ether oxygens (including phenoxy) is 1. The average molecular weight is 501 g/mol. The number of aliphatic imine (C=N–C) groups is 1. The fraction of sp³-hybridized carbons (Fsp3) is 0.130. The maximum atomic E-state index is 12.3. The number of anilines is 2. The highest BCUT2D eigenvalue weighted by molar-refractivity contribution is 7.16. The van der Waals surface area contributed by atoms with Crippen molar-refractivity contribution in [3.05, 3.63) is 79.2 Å². The summed E-state index contributed by atoms with van der Waals surface area (Å²) < 4.78 is 5.12. The maximum Gasteiger partial charge on any atom is 0.341 e. The van der Waals surface area contributed by atoms with E-state index < -0.39 is 5.97 Å². The molecule has 2 heterocycles. The Kier molecular flexibility index (Phi) is 6.78. The second kappa shape index (κ2) is 9.74. The minimum Gasteiger partial charge on any atom is -0.492 e. The molecular formula is C23H18Cl2N4O3S. The van der Waals surface area contributed by atoms with Crippen molar-refractivity contribution in [2.75, 3.05) is 19.0 Å². The van der Waals surface area contributed by atoms with Crippen molar-refractivity contribution in [1.29, 1.82) is 0 Å². The van der Waals surface area contributed by atoms with Gasteiger partial charge in [-0.05, 0) is 42.5 Å². The van der Waals surface area contributed by atoms with E-state index in [1.807, 2.05) is 18.2 Å². The molecule has 0 amide bonds. The van der Waals surface area contributed by atoms with Gasteiger partial charge >= 0.3 is 5.97 Å². The molecule has 0 fully saturated rings. The van der Waals surface area contributed by atoms with Crippen molar-refractivity contribution >= 4 is 63.1 Å². The van der Waals surface area contributed by atoms with Crippen LogP contribution in [0.3, 0.4) is 0 Å². The molecule has 0 saturated heterocycles. The molecule has 0 radical (unpaired) electrons. The van der Waals surface area contributed by atoms with Crippen molar-refractivity contribution in [3.8, 4) is 5.88 Å². The van der Waals surface area contributed by atoms with Crippen molar-refractivity contribution in [3.63, 3.8) is 0 Å². The molecule has 168 valence electrons. The van der Waals surface area contributed by atoms with E-state index in [2.05, 4.69) is 20.3 Å². The maximum absolute atomic E-state index is 12.3. The summed E-state index contributed by atoms with van der Waals surface area (Å²) in [6.45, 7) is 2.00. The first-order valence-electron chi connectivity index (χ1n) is 9.86. The molecule has 0 spiro atoms. The smallest absolute Gasteiger partial charge is 0.341 e. The summed E-state index contributed by atoms with van der Waals surface area (Å²) in [5.74, 6) is -0.611. The highest BCUT2D eigenvalue weighted by Gasteiger charge is 2.22. The van der Waals surface area contributed by atoms with Crippen LogP contribution in [0.4, 0.5) is 10.8 Å². The van der Waals surface area contributed by atoms with Gasteiger partial charge < -0.3 is 15.2 Å². The number of hydrogen-bond donors (Lipinski definition) is 2. The molecule has 1 aliphatic rings. The molecule has 1 aromatic heterocycles. The van der Waals surface area contributed by atoms with E-state index in [0.717, 1.165) is 5.22 Å². The van der Waals surface area contributed by atoms with E-state index >= 15 is 0 Å². The summed E-state index contributed by atoms with van der Waals surface area (Å²) in [5.41, 5.74) is 2.01. The lowest BCUT2D eigenvalue weighted by Gasteiger charge is -2.13. The SMILES string of the molecule is CCOC(=O)C1=CN=c2cc/c(=C\c3sc(Nc4c(Cl)cccc4Cl)nc3O)cc2C1=NC. The van der Waals surface area contributed by atoms with E-state index in [9.17, 15) is 9.90 Å². The molecule has 10 heteroatoms. The standard InChI is InChI=1S/C23H18Cl2N4O3S/c1-3-32-22(31)14-11-27-17-8-7-12(9-13(17)19(14)26-2)10-18-21(30)29-23(33-18)28-20-15(24)5-4-6-16(20)25/h4-11,30H,3H2,1-2H3,(H,28,29)/b12-10+,26-19?. The van der Waals surface area contributed by atoms with Crippen LogP contribution in [0, 0.1) is 0 Å². The Morgan fingerprint density at radius 2 is 2.03 bits per heavy atom. The largest absolute Gasteiger partial charge is 0.492 e. The highest BCUT2D eigenvalue weighted by Crippen LogP contribution is 2.36. The Morgan fingerprint density at radius 3 is 2.73 bits per heavy atom. The van der Waals surface area contributed by atoms with Crippen LogP contribution in [0.15, 0.2) is 58.2 Å². The van der Waals surface area contributed by atoms with Crippen LogP contribution >= 0.6 is 34.5 Å². The first-order valence-corrected chi connectivity index (χ1v) is 11.4. The summed E-state index contributed by atoms with van der Waals surface area (Å²) >= 11 is 13.7. The molecule has 1 aliphatic heterocycles. The van der Waals surface area contributed by atoms with Crippen molar-refractivity contribution in [2.24, 2.45) is 9.98 Å². The number of aromatic nitrogens is 1. The number of para-hydroxylation sites is 1. The summed E-state index contributed by atoms with van der Waals surface area (Å²) in [6, 6.07) is 10.7. The molecule has 2 N–H and O–H groups in total. The van der Waals surface area contributed by atoms with Crippen molar-refractivity contribution in [2.45, 2.75) is 6.92 Å². The number of fused-ring (bicyclic) bond motifs is 1. The van der Waals surface area contributed by atoms with Crippen LogP contribution in [0.2, 0.25) is 10.0 Å². The molecule has 33 heavy (non-hydrogen) atoms. The molecule has 7 nitrogen and oxygen atoms in total. The number of carbonyl (C=O) groups excluding carboxylic acids is 1. The second-order valence-corrected chi connectivity index (χ2v) is 8.66. The highest BCUT2D eigenvalue weighted by atomic mass is 35.5. The number of benzene rings is 2. The Hall–Kier alpha value is -3.20. The van der Waals surface area contributed by atoms with Gasteiger partial charge in [-0.3, -0.25) is 9.98 Å². The van der Waals surface area contributed by atoms with Crippen LogP contribution in [0.25, 0.3) is 6.08 Å². The molecule has 0 aliphatic carbocycles. The molecule has 0 atom stereocenters. The third-order valence-electron chi connectivity index (χ3n) is 4.71. The monoisotopic (exact) mass is 500 g/mol. The number of carbonyl (C=O) groups is 1. The fourth-order valence-corrected chi connectivity index (χ4v) is 4.55. The lowest BCUT2D eigenvalue weighted by molar-refractivity contribution is -0.137. The first kappa shape index (κ1) is 23.0. The average Bonchev–Trinajstić information content (AvgIpc) is 3.14. The van der Waals surface area contributed by atoms with Gasteiger partial charge in [-0.2, -0.15) is 4.98 Å². The molecular weight excluding hydrogens is 483 g/mol. The van der Waals surface area contributed by atoms with Crippen LogP contribution < -0.4 is 15.9 Å². The molecule has 4 rings (SSSR count). The van der Waals surface area contributed by atoms with E-state index in [1.54, 1.807) is 38.2 Å². The van der Waals surface area contributed by atoms with Gasteiger partial charge in [-0.15, -0.1) is 0 Å². The van der Waals surface area contributed by atoms with E-state index in [0.29, 0.717) is 47.9 Å². The Labute approximate surface area is 203 Å². The number of hydrogen-bond acceptors (Lipinski definition) is 8. The number of esters is 1. The Balaban J connectivity index is 1.69. The topological polar surface area (TPSA) is 96.2 Å². The van der Waals surface area contributed by atoms with Gasteiger partial charge in [-0.1, -0.05) is 46.7 Å². The van der Waals surface area contributed by atoms with Crippen LogP contribution in [-0.4, -0.2) is 35.4 Å². The predicted molar refractivity (Wildman–Crippen MR) is 131 cm³/mol. The summed E-state index contributed by atoms with van der Waals surface area (Å²) in [7, 11) is 1.61. The Bertz CT molecular complexity index is 1410. The van der Waals surface area contributed by atoms with Crippen molar-refractivity contribution < 1.29 is 14.6 Å². The number of thiazole rings is 1. The van der Waals surface area contributed by atoms with E-state index in [4.69, 9.17) is 27.9 Å². The number of nitrogens with one attached hydrogen (secondary N) is 1. The van der Waals surface area contributed by atoms with Gasteiger partial charge in [0.25, 0.3) is 0 Å². The normalized spacial score (nSPS) is 14.5. The molecule has 3 aromatic rings. The second-order valence-electron chi connectivity index (χ2n) is 6.81. The van der Waals surface area contributed by atoms with Gasteiger partial charge in [0.2, 0.25) is 5.88 Å². The zero-order valence-electron chi connectivity index (χ0n) is 17.6. The fourth-order valence-electron chi connectivity index (χ4n) is 3.23. The number of halogens is 2. The zero-order chi connectivity index (χ0) is 23.5. The number of rotatable bonds is 5. The lowest BCUT2D eigenvalue weighted by atomic mass is 9.99. The van der Waals surface area contributed by atoms with E-state index in [-0.39, 0.29) is 12.5 Å². The van der Waals surface area contributed by atoms with Gasteiger partial charge in [0.1, 0.15) is 5.57 Å². The van der Waals surface area contributed by atoms with Gasteiger partial charge in [0.15, 0.2) is 5.13 Å². The van der Waals surface area contributed by atoms with Gasteiger partial charge in [0, 0.05) is 18.8 Å². The van der Waals surface area contributed by atoms with Crippen LogP contribution in [-0.2, 0) is 9.53 Å². The zero-order valence-corrected chi connectivity index (χ0v) is 19.9. The number of aromatic hydroxyl groups is 1.